The summed E-state index contributed by atoms with van der Waals surface area (Å²) in [6, 6.07) is 8.20. The number of likely N-dealkylation sites (tertiary alicyclic amines) is 1. The smallest absolute Gasteiger partial charge is 0.0992 e. The molecule has 1 fully saturated rings. The molecule has 0 amide bonds. The largest absolute Gasteiger partial charge is 0.311 e. The van der Waals surface area contributed by atoms with Gasteiger partial charge in [0.05, 0.1) is 11.6 Å². The molecule has 4 heteroatoms. The molecule has 0 radical (unpaired) electrons. The van der Waals surface area contributed by atoms with Crippen molar-refractivity contribution in [2.24, 2.45) is 0 Å². The van der Waals surface area contributed by atoms with Crippen molar-refractivity contribution >= 4 is 11.6 Å². The van der Waals surface area contributed by atoms with Gasteiger partial charge < -0.3 is 10.2 Å². The fourth-order valence-electron chi connectivity index (χ4n) is 2.54. The van der Waals surface area contributed by atoms with E-state index in [1.165, 1.54) is 25.8 Å². The first kappa shape index (κ1) is 14.3. The lowest BCUT2D eigenvalue weighted by Crippen LogP contribution is -2.42. The van der Waals surface area contributed by atoms with Gasteiger partial charge in [0, 0.05) is 24.2 Å². The van der Waals surface area contributed by atoms with E-state index in [4.69, 9.17) is 16.9 Å². The molecular weight excluding hydrogens is 258 g/mol. The van der Waals surface area contributed by atoms with Crippen LogP contribution in [0.4, 0.5) is 0 Å². The lowest BCUT2D eigenvalue weighted by atomic mass is 10.0. The standard InChI is InChI=1S/C15H20ClN3/c1-19-7-3-2-4-14(19)11-18-10-13-6-5-12(9-17)8-15(13)16/h5-6,8,14,18H,2-4,7,10-11H2,1H3. The van der Waals surface area contributed by atoms with E-state index in [2.05, 4.69) is 23.3 Å². The summed E-state index contributed by atoms with van der Waals surface area (Å²) < 4.78 is 0. The molecule has 102 valence electrons. The summed E-state index contributed by atoms with van der Waals surface area (Å²) in [4.78, 5) is 2.43. The minimum Gasteiger partial charge on any atom is -0.311 e. The number of hydrogen-bond donors (Lipinski definition) is 1. The first-order valence-corrected chi connectivity index (χ1v) is 7.18. The Morgan fingerprint density at radius 2 is 2.32 bits per heavy atom. The number of benzene rings is 1. The van der Waals surface area contributed by atoms with E-state index in [0.717, 1.165) is 18.7 Å². The number of nitriles is 1. The first-order chi connectivity index (χ1) is 9.20. The van der Waals surface area contributed by atoms with E-state index in [-0.39, 0.29) is 0 Å². The fourth-order valence-corrected chi connectivity index (χ4v) is 2.78. The zero-order valence-corrected chi connectivity index (χ0v) is 12.1. The Hall–Kier alpha value is -1.08. The van der Waals surface area contributed by atoms with E-state index in [0.29, 0.717) is 16.6 Å². The summed E-state index contributed by atoms with van der Waals surface area (Å²) in [6.07, 6.45) is 3.91. The maximum Gasteiger partial charge on any atom is 0.0992 e. The van der Waals surface area contributed by atoms with Gasteiger partial charge in [-0.1, -0.05) is 24.1 Å². The zero-order chi connectivity index (χ0) is 13.7. The second kappa shape index (κ2) is 6.91. The van der Waals surface area contributed by atoms with Crippen LogP contribution in [-0.2, 0) is 6.54 Å². The third-order valence-electron chi connectivity index (χ3n) is 3.80. The second-order valence-electron chi connectivity index (χ2n) is 5.18. The Morgan fingerprint density at radius 1 is 1.47 bits per heavy atom. The van der Waals surface area contributed by atoms with E-state index < -0.39 is 0 Å². The summed E-state index contributed by atoms with van der Waals surface area (Å²) in [5.41, 5.74) is 1.67. The van der Waals surface area contributed by atoms with Gasteiger partial charge in [-0.15, -0.1) is 0 Å². The van der Waals surface area contributed by atoms with E-state index >= 15 is 0 Å². The third kappa shape index (κ3) is 3.94. The van der Waals surface area contributed by atoms with Crippen LogP contribution >= 0.6 is 11.6 Å². The highest BCUT2D eigenvalue weighted by Crippen LogP contribution is 2.18. The highest BCUT2D eigenvalue weighted by molar-refractivity contribution is 6.31. The monoisotopic (exact) mass is 277 g/mol. The molecule has 1 unspecified atom stereocenters. The quantitative estimate of drug-likeness (QED) is 0.920. The van der Waals surface area contributed by atoms with Crippen LogP contribution in [0, 0.1) is 11.3 Å². The van der Waals surface area contributed by atoms with Gasteiger partial charge in [-0.3, -0.25) is 0 Å². The zero-order valence-electron chi connectivity index (χ0n) is 11.3. The molecule has 1 aliphatic heterocycles. The third-order valence-corrected chi connectivity index (χ3v) is 4.15. The van der Waals surface area contributed by atoms with Gasteiger partial charge in [0.15, 0.2) is 0 Å². The number of piperidine rings is 1. The normalized spacial score (nSPS) is 20.2. The van der Waals surface area contributed by atoms with Crippen LogP contribution in [0.2, 0.25) is 5.02 Å². The molecule has 19 heavy (non-hydrogen) atoms. The Bertz CT molecular complexity index is 467. The predicted octanol–water partition coefficient (Wildman–Crippen LogP) is 2.79. The number of nitrogens with one attached hydrogen (secondary N) is 1. The highest BCUT2D eigenvalue weighted by Gasteiger charge is 2.18. The molecule has 1 atom stereocenters. The van der Waals surface area contributed by atoms with Crippen LogP contribution in [0.3, 0.4) is 0 Å². The van der Waals surface area contributed by atoms with Crippen LogP contribution in [-0.4, -0.2) is 31.1 Å². The molecule has 1 aliphatic rings. The van der Waals surface area contributed by atoms with Crippen LogP contribution in [0.1, 0.15) is 30.4 Å². The van der Waals surface area contributed by atoms with E-state index in [1.807, 2.05) is 12.1 Å². The highest BCUT2D eigenvalue weighted by atomic mass is 35.5. The van der Waals surface area contributed by atoms with Gasteiger partial charge in [0.1, 0.15) is 0 Å². The maximum absolute atomic E-state index is 8.80. The summed E-state index contributed by atoms with van der Waals surface area (Å²) in [6.45, 7) is 2.95. The maximum atomic E-state index is 8.80. The average Bonchev–Trinajstić information content (AvgIpc) is 2.42. The fraction of sp³-hybridized carbons (Fsp3) is 0.533. The van der Waals surface area contributed by atoms with Gasteiger partial charge in [-0.05, 0) is 44.1 Å². The number of rotatable bonds is 4. The summed E-state index contributed by atoms with van der Waals surface area (Å²) in [5, 5.41) is 12.9. The van der Waals surface area contributed by atoms with E-state index in [9.17, 15) is 0 Å². The second-order valence-corrected chi connectivity index (χ2v) is 5.59. The van der Waals surface area contributed by atoms with Crippen molar-refractivity contribution in [2.45, 2.75) is 31.8 Å². The van der Waals surface area contributed by atoms with Gasteiger partial charge >= 0.3 is 0 Å². The summed E-state index contributed by atoms with van der Waals surface area (Å²) >= 11 is 6.16. The molecule has 1 saturated heterocycles. The van der Waals surface area contributed by atoms with Gasteiger partial charge in [-0.2, -0.15) is 5.26 Å². The molecule has 1 N–H and O–H groups in total. The number of likely N-dealkylation sites (N-methyl/N-ethyl adjacent to an activating group) is 1. The van der Waals surface area contributed by atoms with Crippen molar-refractivity contribution in [3.63, 3.8) is 0 Å². The molecular formula is C15H20ClN3. The molecule has 0 saturated carbocycles. The average molecular weight is 278 g/mol. The van der Waals surface area contributed by atoms with Crippen molar-refractivity contribution in [3.05, 3.63) is 34.3 Å². The Balaban J connectivity index is 1.84. The Labute approximate surface area is 120 Å². The van der Waals surface area contributed by atoms with Crippen LogP contribution in [0.25, 0.3) is 0 Å². The Kier molecular flexibility index (Phi) is 5.21. The lowest BCUT2D eigenvalue weighted by molar-refractivity contribution is 0.181. The molecule has 3 nitrogen and oxygen atoms in total. The Morgan fingerprint density at radius 3 is 3.00 bits per heavy atom. The van der Waals surface area contributed by atoms with Crippen molar-refractivity contribution in [1.82, 2.24) is 10.2 Å². The SMILES string of the molecule is CN1CCCCC1CNCc1ccc(C#N)cc1Cl. The van der Waals surface area contributed by atoms with Crippen molar-refractivity contribution < 1.29 is 0 Å². The van der Waals surface area contributed by atoms with Crippen molar-refractivity contribution in [3.8, 4) is 6.07 Å². The molecule has 1 heterocycles. The van der Waals surface area contributed by atoms with E-state index in [1.54, 1.807) is 6.07 Å². The van der Waals surface area contributed by atoms with Crippen LogP contribution in [0.5, 0.6) is 0 Å². The topological polar surface area (TPSA) is 39.1 Å². The number of hydrogen-bond acceptors (Lipinski definition) is 3. The van der Waals surface area contributed by atoms with Gasteiger partial charge in [-0.25, -0.2) is 0 Å². The minimum absolute atomic E-state index is 0.612. The number of halogens is 1. The molecule has 0 bridgehead atoms. The summed E-state index contributed by atoms with van der Waals surface area (Å²) in [5.74, 6) is 0. The lowest BCUT2D eigenvalue weighted by Gasteiger charge is -2.32. The van der Waals surface area contributed by atoms with Crippen LogP contribution < -0.4 is 5.32 Å². The minimum atomic E-state index is 0.612. The first-order valence-electron chi connectivity index (χ1n) is 6.80. The van der Waals surface area contributed by atoms with Gasteiger partial charge in [0.2, 0.25) is 0 Å². The van der Waals surface area contributed by atoms with Gasteiger partial charge in [0.25, 0.3) is 0 Å². The molecule has 0 aliphatic carbocycles. The molecule has 1 aromatic carbocycles. The molecule has 2 rings (SSSR count). The van der Waals surface area contributed by atoms with Crippen molar-refractivity contribution in [1.29, 1.82) is 5.26 Å². The molecule has 0 aromatic heterocycles. The number of nitrogens with zero attached hydrogens (tertiary/aromatic N) is 2. The molecule has 1 aromatic rings. The van der Waals surface area contributed by atoms with Crippen molar-refractivity contribution in [2.75, 3.05) is 20.1 Å². The predicted molar refractivity (Wildman–Crippen MR) is 78.1 cm³/mol. The molecule has 0 spiro atoms. The van der Waals surface area contributed by atoms with Crippen LogP contribution in [0.15, 0.2) is 18.2 Å². The summed E-state index contributed by atoms with van der Waals surface area (Å²) in [7, 11) is 2.19.